The van der Waals surface area contributed by atoms with Gasteiger partial charge in [-0.15, -0.1) is 10.2 Å². The van der Waals surface area contributed by atoms with Crippen molar-refractivity contribution in [1.29, 1.82) is 0 Å². The standard InChI is InChI=1S/C18H24N4OS2/c1-3-15-11-7-8-12-22(15)16(23)13(2)24-18-21-20-17(25-18)19-14-9-5-4-6-10-14/h4-6,9-10,13,15H,3,7-8,11-12H2,1-2H3,(H,19,20)/t13-,15-/m0/s1. The second kappa shape index (κ2) is 8.67. The summed E-state index contributed by atoms with van der Waals surface area (Å²) in [4.78, 5) is 14.9. The Labute approximate surface area is 157 Å². The van der Waals surface area contributed by atoms with Gasteiger partial charge in [-0.05, 0) is 44.7 Å². The summed E-state index contributed by atoms with van der Waals surface area (Å²) in [7, 11) is 0. The van der Waals surface area contributed by atoms with Crippen LogP contribution in [-0.4, -0.2) is 38.8 Å². The molecule has 1 aliphatic heterocycles. The molecule has 1 saturated heterocycles. The number of amides is 1. The van der Waals surface area contributed by atoms with Crippen LogP contribution in [0.5, 0.6) is 0 Å². The van der Waals surface area contributed by atoms with Crippen LogP contribution in [0.4, 0.5) is 10.8 Å². The number of piperidine rings is 1. The third-order valence-electron chi connectivity index (χ3n) is 4.44. The Kier molecular flexibility index (Phi) is 6.31. The highest BCUT2D eigenvalue weighted by Crippen LogP contribution is 2.32. The molecule has 2 aromatic rings. The van der Waals surface area contributed by atoms with E-state index in [2.05, 4.69) is 27.3 Å². The van der Waals surface area contributed by atoms with Gasteiger partial charge in [-0.3, -0.25) is 4.79 Å². The third-order valence-corrected chi connectivity index (χ3v) is 6.45. The highest BCUT2D eigenvalue weighted by molar-refractivity contribution is 8.02. The van der Waals surface area contributed by atoms with Crippen molar-refractivity contribution in [3.63, 3.8) is 0 Å². The maximum absolute atomic E-state index is 12.8. The molecule has 3 rings (SSSR count). The van der Waals surface area contributed by atoms with Gasteiger partial charge in [0.15, 0.2) is 4.34 Å². The number of likely N-dealkylation sites (tertiary alicyclic amines) is 1. The van der Waals surface area contributed by atoms with E-state index in [1.807, 2.05) is 37.3 Å². The van der Waals surface area contributed by atoms with Gasteiger partial charge in [0.05, 0.1) is 5.25 Å². The molecule has 0 aliphatic carbocycles. The molecule has 1 aromatic heterocycles. The lowest BCUT2D eigenvalue weighted by Crippen LogP contribution is -2.46. The number of anilines is 2. The lowest BCUT2D eigenvalue weighted by molar-refractivity contribution is -0.134. The highest BCUT2D eigenvalue weighted by Gasteiger charge is 2.29. The summed E-state index contributed by atoms with van der Waals surface area (Å²) in [5.74, 6) is 0.226. The van der Waals surface area contributed by atoms with E-state index in [0.717, 1.165) is 41.0 Å². The van der Waals surface area contributed by atoms with Crippen molar-refractivity contribution < 1.29 is 4.79 Å². The summed E-state index contributed by atoms with van der Waals surface area (Å²) >= 11 is 2.99. The number of nitrogens with zero attached hydrogens (tertiary/aromatic N) is 3. The second-order valence-electron chi connectivity index (χ2n) is 6.21. The molecule has 1 fully saturated rings. The monoisotopic (exact) mass is 376 g/mol. The number of thioether (sulfide) groups is 1. The van der Waals surface area contributed by atoms with Gasteiger partial charge in [-0.1, -0.05) is 48.2 Å². The Morgan fingerprint density at radius 3 is 2.92 bits per heavy atom. The van der Waals surface area contributed by atoms with Crippen LogP contribution >= 0.6 is 23.1 Å². The van der Waals surface area contributed by atoms with Gasteiger partial charge in [0.2, 0.25) is 11.0 Å². The van der Waals surface area contributed by atoms with Crippen LogP contribution in [0.1, 0.15) is 39.5 Å². The van der Waals surface area contributed by atoms with Crippen molar-refractivity contribution in [2.24, 2.45) is 0 Å². The Bertz CT molecular complexity index is 691. The van der Waals surface area contributed by atoms with Crippen LogP contribution in [-0.2, 0) is 4.79 Å². The minimum Gasteiger partial charge on any atom is -0.339 e. The van der Waals surface area contributed by atoms with Crippen LogP contribution < -0.4 is 5.32 Å². The minimum atomic E-state index is -0.135. The van der Waals surface area contributed by atoms with Crippen molar-refractivity contribution in [3.8, 4) is 0 Å². The molecule has 2 atom stereocenters. The fourth-order valence-electron chi connectivity index (χ4n) is 3.10. The van der Waals surface area contributed by atoms with E-state index < -0.39 is 0 Å². The van der Waals surface area contributed by atoms with Gasteiger partial charge in [0, 0.05) is 18.3 Å². The molecule has 1 aliphatic rings. The summed E-state index contributed by atoms with van der Waals surface area (Å²) in [6.07, 6.45) is 4.51. The lowest BCUT2D eigenvalue weighted by Gasteiger charge is -2.36. The fraction of sp³-hybridized carbons (Fsp3) is 0.500. The summed E-state index contributed by atoms with van der Waals surface area (Å²) in [6.45, 7) is 5.03. The summed E-state index contributed by atoms with van der Waals surface area (Å²) in [5.41, 5.74) is 0.985. The van der Waals surface area contributed by atoms with Gasteiger partial charge in [0.25, 0.3) is 0 Å². The molecule has 2 heterocycles. The number of benzene rings is 1. The van der Waals surface area contributed by atoms with Crippen LogP contribution in [0.2, 0.25) is 0 Å². The maximum atomic E-state index is 12.8. The van der Waals surface area contributed by atoms with Crippen LogP contribution in [0, 0.1) is 0 Å². The highest BCUT2D eigenvalue weighted by atomic mass is 32.2. The summed E-state index contributed by atoms with van der Waals surface area (Å²) in [6, 6.07) is 10.3. The van der Waals surface area contributed by atoms with Gasteiger partial charge in [-0.25, -0.2) is 0 Å². The third kappa shape index (κ3) is 4.73. The first kappa shape index (κ1) is 18.2. The molecule has 0 spiro atoms. The normalized spacial score (nSPS) is 18.8. The smallest absolute Gasteiger partial charge is 0.236 e. The van der Waals surface area contributed by atoms with E-state index in [-0.39, 0.29) is 11.2 Å². The van der Waals surface area contributed by atoms with E-state index >= 15 is 0 Å². The summed E-state index contributed by atoms with van der Waals surface area (Å²) in [5, 5.41) is 12.3. The Morgan fingerprint density at radius 2 is 2.16 bits per heavy atom. The van der Waals surface area contributed by atoms with Crippen LogP contribution in [0.15, 0.2) is 34.7 Å². The maximum Gasteiger partial charge on any atom is 0.236 e. The summed E-state index contributed by atoms with van der Waals surface area (Å²) < 4.78 is 0.823. The second-order valence-corrected chi connectivity index (χ2v) is 8.78. The fourth-order valence-corrected chi connectivity index (χ4v) is 5.09. The van der Waals surface area contributed by atoms with Gasteiger partial charge >= 0.3 is 0 Å². The van der Waals surface area contributed by atoms with E-state index in [0.29, 0.717) is 6.04 Å². The minimum absolute atomic E-state index is 0.135. The lowest BCUT2D eigenvalue weighted by atomic mass is 10.00. The molecule has 1 amide bonds. The van der Waals surface area contributed by atoms with Crippen LogP contribution in [0.3, 0.4) is 0 Å². The molecule has 7 heteroatoms. The number of aromatic nitrogens is 2. The zero-order valence-electron chi connectivity index (χ0n) is 14.6. The average molecular weight is 377 g/mol. The number of hydrogen-bond donors (Lipinski definition) is 1. The van der Waals surface area contributed by atoms with Crippen molar-refractivity contribution >= 4 is 39.8 Å². The van der Waals surface area contributed by atoms with Crippen LogP contribution in [0.25, 0.3) is 0 Å². The molecule has 0 bridgehead atoms. The van der Waals surface area contributed by atoms with Gasteiger partial charge in [0.1, 0.15) is 0 Å². The number of para-hydroxylation sites is 1. The van der Waals surface area contributed by atoms with E-state index in [4.69, 9.17) is 0 Å². The van der Waals surface area contributed by atoms with Crippen molar-refractivity contribution in [3.05, 3.63) is 30.3 Å². The topological polar surface area (TPSA) is 58.1 Å². The van der Waals surface area contributed by atoms with Gasteiger partial charge < -0.3 is 10.2 Å². The number of carbonyl (C=O) groups is 1. The van der Waals surface area contributed by atoms with Gasteiger partial charge in [-0.2, -0.15) is 0 Å². The van der Waals surface area contributed by atoms with E-state index in [1.54, 1.807) is 0 Å². The molecule has 134 valence electrons. The average Bonchev–Trinajstić information content (AvgIpc) is 3.08. The van der Waals surface area contributed by atoms with Crippen molar-refractivity contribution in [2.45, 2.75) is 55.2 Å². The molecule has 0 radical (unpaired) electrons. The molecular weight excluding hydrogens is 352 g/mol. The first-order valence-corrected chi connectivity index (χ1v) is 10.5. The molecule has 5 nitrogen and oxygen atoms in total. The predicted octanol–water partition coefficient (Wildman–Crippen LogP) is 4.55. The van der Waals surface area contributed by atoms with E-state index in [9.17, 15) is 4.79 Å². The largest absolute Gasteiger partial charge is 0.339 e. The zero-order valence-corrected chi connectivity index (χ0v) is 16.3. The SMILES string of the molecule is CC[C@H]1CCCCN1C(=O)[C@H](C)Sc1nnc(Nc2ccccc2)s1. The Morgan fingerprint density at radius 1 is 1.36 bits per heavy atom. The molecule has 0 saturated carbocycles. The number of carbonyl (C=O) groups excluding carboxylic acids is 1. The molecule has 0 unspecified atom stereocenters. The first-order chi connectivity index (χ1) is 12.2. The first-order valence-electron chi connectivity index (χ1n) is 8.80. The van der Waals surface area contributed by atoms with Crippen molar-refractivity contribution in [1.82, 2.24) is 15.1 Å². The molecular formula is C18H24N4OS2. The molecule has 25 heavy (non-hydrogen) atoms. The zero-order chi connectivity index (χ0) is 17.6. The molecule has 1 aromatic carbocycles. The van der Waals surface area contributed by atoms with E-state index in [1.165, 1.54) is 29.5 Å². The van der Waals surface area contributed by atoms with Crippen molar-refractivity contribution in [2.75, 3.05) is 11.9 Å². The quantitative estimate of drug-likeness (QED) is 0.749. The number of hydrogen-bond acceptors (Lipinski definition) is 6. The number of nitrogens with one attached hydrogen (secondary N) is 1. The molecule has 1 N–H and O–H groups in total. The Hall–Kier alpha value is -1.60. The predicted molar refractivity (Wildman–Crippen MR) is 105 cm³/mol. The Balaban J connectivity index is 1.59. The number of rotatable bonds is 6.